The van der Waals surface area contributed by atoms with Crippen LogP contribution in [-0.2, 0) is 15.8 Å². The highest BCUT2D eigenvalue weighted by molar-refractivity contribution is 6.01. The molecule has 1 aromatic rings. The van der Waals surface area contributed by atoms with Gasteiger partial charge in [0.15, 0.2) is 0 Å². The molecule has 0 saturated carbocycles. The monoisotopic (exact) mass is 493 g/mol. The molecule has 4 amide bonds. The number of piperazine rings is 1. The Balaban J connectivity index is 1.54. The van der Waals surface area contributed by atoms with Crippen molar-refractivity contribution in [2.45, 2.75) is 32.5 Å². The van der Waals surface area contributed by atoms with Gasteiger partial charge in [-0.25, -0.2) is 4.79 Å². The molecule has 3 heterocycles. The molecule has 190 valence electrons. The fourth-order valence-corrected chi connectivity index (χ4v) is 5.01. The van der Waals surface area contributed by atoms with E-state index in [1.165, 1.54) is 28.0 Å². The minimum Gasteiger partial charge on any atom is -0.340 e. The predicted octanol–water partition coefficient (Wildman–Crippen LogP) is 2.44. The highest BCUT2D eigenvalue weighted by atomic mass is 19.4. The zero-order chi connectivity index (χ0) is 25.3. The van der Waals surface area contributed by atoms with Crippen LogP contribution >= 0.6 is 0 Å². The van der Waals surface area contributed by atoms with Crippen LogP contribution < -0.4 is 5.32 Å². The molecule has 1 N–H and O–H groups in total. The van der Waals surface area contributed by atoms with E-state index in [2.05, 4.69) is 17.1 Å². The van der Waals surface area contributed by atoms with Gasteiger partial charge >= 0.3 is 12.2 Å². The Morgan fingerprint density at radius 1 is 1.06 bits per heavy atom. The Bertz CT molecular complexity index is 1030. The van der Waals surface area contributed by atoms with Crippen molar-refractivity contribution in [2.24, 2.45) is 0 Å². The third-order valence-corrected chi connectivity index (χ3v) is 6.96. The molecule has 11 heteroatoms. The number of likely N-dealkylation sites (N-methyl/N-ethyl adjacent to an activating group) is 2. The molecule has 0 aromatic heterocycles. The molecule has 3 aliphatic rings. The van der Waals surface area contributed by atoms with Gasteiger partial charge in [-0.1, -0.05) is 25.1 Å². The lowest BCUT2D eigenvalue weighted by molar-refractivity contribution is -0.139. The summed E-state index contributed by atoms with van der Waals surface area (Å²) in [5.74, 6) is -0.511. The first kappa shape index (κ1) is 25.0. The van der Waals surface area contributed by atoms with E-state index >= 15 is 0 Å². The van der Waals surface area contributed by atoms with Crippen molar-refractivity contribution in [1.82, 2.24) is 24.9 Å². The van der Waals surface area contributed by atoms with Gasteiger partial charge in [-0.05, 0) is 25.1 Å². The molecule has 1 saturated heterocycles. The van der Waals surface area contributed by atoms with Crippen LogP contribution in [0.1, 0.15) is 37.4 Å². The number of alkyl halides is 3. The van der Waals surface area contributed by atoms with Gasteiger partial charge in [0, 0.05) is 45.7 Å². The van der Waals surface area contributed by atoms with E-state index in [1.807, 2.05) is 0 Å². The van der Waals surface area contributed by atoms with Crippen molar-refractivity contribution in [3.63, 3.8) is 0 Å². The zero-order valence-corrected chi connectivity index (χ0v) is 19.9. The minimum atomic E-state index is -4.64. The third kappa shape index (κ3) is 4.86. The Morgan fingerprint density at radius 2 is 1.74 bits per heavy atom. The second-order valence-electron chi connectivity index (χ2n) is 8.86. The lowest BCUT2D eigenvalue weighted by Crippen LogP contribution is -2.49. The highest BCUT2D eigenvalue weighted by Gasteiger charge is 2.46. The summed E-state index contributed by atoms with van der Waals surface area (Å²) in [6, 6.07) is 3.20. The number of urea groups is 1. The summed E-state index contributed by atoms with van der Waals surface area (Å²) in [5, 5.41) is 2.60. The highest BCUT2D eigenvalue weighted by Crippen LogP contribution is 2.41. The van der Waals surface area contributed by atoms with Gasteiger partial charge in [0.1, 0.15) is 0 Å². The summed E-state index contributed by atoms with van der Waals surface area (Å²) in [6.45, 7) is 8.10. The molecule has 1 unspecified atom stereocenters. The average Bonchev–Trinajstić information content (AvgIpc) is 3.17. The van der Waals surface area contributed by atoms with Crippen LogP contribution in [0.2, 0.25) is 0 Å². The summed E-state index contributed by atoms with van der Waals surface area (Å²) in [5.41, 5.74) is -0.536. The van der Waals surface area contributed by atoms with Crippen molar-refractivity contribution in [3.8, 4) is 0 Å². The molecular formula is C24H30F3N5O3. The van der Waals surface area contributed by atoms with E-state index in [4.69, 9.17) is 0 Å². The molecule has 0 radical (unpaired) electrons. The molecule has 4 rings (SSSR count). The van der Waals surface area contributed by atoms with E-state index in [-0.39, 0.29) is 43.1 Å². The van der Waals surface area contributed by atoms with Gasteiger partial charge in [-0.15, -0.1) is 0 Å². The first-order valence-electron chi connectivity index (χ1n) is 11.9. The van der Waals surface area contributed by atoms with Crippen LogP contribution in [0.4, 0.5) is 18.0 Å². The number of amides is 4. The fourth-order valence-electron chi connectivity index (χ4n) is 5.01. The first-order valence-corrected chi connectivity index (χ1v) is 11.9. The molecule has 0 spiro atoms. The Morgan fingerprint density at radius 3 is 2.37 bits per heavy atom. The van der Waals surface area contributed by atoms with Crippen LogP contribution in [0.3, 0.4) is 0 Å². The third-order valence-electron chi connectivity index (χ3n) is 6.96. The number of carbonyl (C=O) groups is 3. The quantitative estimate of drug-likeness (QED) is 0.661. The topological polar surface area (TPSA) is 76.2 Å². The van der Waals surface area contributed by atoms with Crippen molar-refractivity contribution >= 4 is 17.8 Å². The van der Waals surface area contributed by atoms with Crippen LogP contribution in [0.5, 0.6) is 0 Å². The van der Waals surface area contributed by atoms with E-state index < -0.39 is 29.7 Å². The zero-order valence-electron chi connectivity index (χ0n) is 19.9. The van der Waals surface area contributed by atoms with Gasteiger partial charge in [0.2, 0.25) is 5.91 Å². The molecule has 3 aliphatic heterocycles. The van der Waals surface area contributed by atoms with Crippen molar-refractivity contribution in [2.75, 3.05) is 52.4 Å². The van der Waals surface area contributed by atoms with Gasteiger partial charge in [0.05, 0.1) is 29.4 Å². The molecule has 0 aliphatic carbocycles. The van der Waals surface area contributed by atoms with Crippen LogP contribution in [-0.4, -0.2) is 89.8 Å². The van der Waals surface area contributed by atoms with E-state index in [0.717, 1.165) is 25.7 Å². The Hall–Kier alpha value is -3.08. The number of nitrogens with zero attached hydrogens (tertiary/aromatic N) is 4. The first-order chi connectivity index (χ1) is 16.7. The maximum absolute atomic E-state index is 13.7. The fraction of sp³-hybridized carbons (Fsp3) is 0.542. The normalized spacial score (nSPS) is 21.5. The van der Waals surface area contributed by atoms with Gasteiger partial charge in [0.25, 0.3) is 5.91 Å². The predicted molar refractivity (Wildman–Crippen MR) is 122 cm³/mol. The van der Waals surface area contributed by atoms with Crippen molar-refractivity contribution in [3.05, 3.63) is 46.7 Å². The molecule has 35 heavy (non-hydrogen) atoms. The van der Waals surface area contributed by atoms with Crippen molar-refractivity contribution < 1.29 is 27.6 Å². The van der Waals surface area contributed by atoms with Crippen LogP contribution in [0.25, 0.3) is 0 Å². The summed E-state index contributed by atoms with van der Waals surface area (Å²) in [6.07, 6.45) is -4.52. The summed E-state index contributed by atoms with van der Waals surface area (Å²) in [7, 11) is 0. The Labute approximate surface area is 202 Å². The van der Waals surface area contributed by atoms with Crippen molar-refractivity contribution in [1.29, 1.82) is 0 Å². The molecule has 8 nitrogen and oxygen atoms in total. The van der Waals surface area contributed by atoms with E-state index in [9.17, 15) is 27.6 Å². The van der Waals surface area contributed by atoms with Gasteiger partial charge in [-0.2, -0.15) is 13.2 Å². The maximum atomic E-state index is 13.7. The van der Waals surface area contributed by atoms with E-state index in [0.29, 0.717) is 18.8 Å². The summed E-state index contributed by atoms with van der Waals surface area (Å²) in [4.78, 5) is 45.8. The Kier molecular flexibility index (Phi) is 7.07. The number of carbonyl (C=O) groups excluding carboxylic acids is 3. The van der Waals surface area contributed by atoms with Crippen LogP contribution in [0, 0.1) is 0 Å². The minimum absolute atomic E-state index is 0.0565. The SMILES string of the molecule is CCN1CCN(C(=O)CCN2CC3=C(C2=O)C(c2ccccc2C(F)(F)F)NC(=O)N3CC)CC1. The molecule has 0 bridgehead atoms. The standard InChI is InChI=1S/C24H30F3N5O3/c1-3-29-11-13-30(14-12-29)19(33)9-10-31-15-18-20(22(31)34)21(28-23(35)32(18)4-2)16-7-5-6-8-17(16)24(25,26)27/h5-8,21H,3-4,9-15H2,1-2H3,(H,28,35). The van der Waals surface area contributed by atoms with Gasteiger partial charge in [-0.3, -0.25) is 14.5 Å². The number of hydrogen-bond acceptors (Lipinski definition) is 4. The lowest BCUT2D eigenvalue weighted by atomic mass is 9.91. The average molecular weight is 494 g/mol. The molecule has 1 fully saturated rings. The number of halogens is 3. The summed E-state index contributed by atoms with van der Waals surface area (Å²) >= 11 is 0. The second-order valence-corrected chi connectivity index (χ2v) is 8.86. The molecular weight excluding hydrogens is 463 g/mol. The maximum Gasteiger partial charge on any atom is 0.416 e. The number of hydrogen-bond donors (Lipinski definition) is 1. The second kappa shape index (κ2) is 9.88. The largest absolute Gasteiger partial charge is 0.416 e. The van der Waals surface area contributed by atoms with E-state index in [1.54, 1.807) is 11.8 Å². The summed E-state index contributed by atoms with van der Waals surface area (Å²) < 4.78 is 41.1. The number of benzene rings is 1. The smallest absolute Gasteiger partial charge is 0.340 e. The van der Waals surface area contributed by atoms with Crippen LogP contribution in [0.15, 0.2) is 35.5 Å². The lowest BCUT2D eigenvalue weighted by Gasteiger charge is -2.34. The molecule has 1 atom stereocenters. The van der Waals surface area contributed by atoms with Gasteiger partial charge < -0.3 is 20.0 Å². The number of rotatable bonds is 6. The number of nitrogens with one attached hydrogen (secondary N) is 1. The molecule has 1 aromatic carbocycles.